The smallest absolute Gasteiger partial charge is 0.414 e. The number of aryl methyl sites for hydroxylation is 1. The fourth-order valence-corrected chi connectivity index (χ4v) is 4.51. The first kappa shape index (κ1) is 26.0. The van der Waals surface area contributed by atoms with Crippen molar-refractivity contribution in [3.63, 3.8) is 0 Å². The average molecular weight is 534 g/mol. The van der Waals surface area contributed by atoms with E-state index in [4.69, 9.17) is 14.2 Å². The van der Waals surface area contributed by atoms with Crippen LogP contribution in [0.5, 0.6) is 12.0 Å². The Morgan fingerprint density at radius 3 is 2.10 bits per heavy atom. The molecule has 0 spiro atoms. The Hall–Kier alpha value is -4.61. The van der Waals surface area contributed by atoms with E-state index in [0.717, 1.165) is 30.0 Å². The van der Waals surface area contributed by atoms with Gasteiger partial charge >= 0.3 is 18.1 Å². The minimum absolute atomic E-state index is 0.192. The molecule has 1 atom stereocenters. The van der Waals surface area contributed by atoms with E-state index in [0.29, 0.717) is 31.1 Å². The molecular formula is C27H31N7O5. The first-order valence-electron chi connectivity index (χ1n) is 12.7. The number of aromatic nitrogens is 3. The van der Waals surface area contributed by atoms with Gasteiger partial charge in [-0.1, -0.05) is 17.7 Å². The summed E-state index contributed by atoms with van der Waals surface area (Å²) in [6, 6.07) is 15.6. The number of methoxy groups -OCH3 is 2. The van der Waals surface area contributed by atoms with Gasteiger partial charge in [-0.15, -0.1) is 4.98 Å². The fourth-order valence-electron chi connectivity index (χ4n) is 4.51. The van der Waals surface area contributed by atoms with Crippen molar-refractivity contribution in [2.24, 2.45) is 0 Å². The Kier molecular flexibility index (Phi) is 7.62. The Morgan fingerprint density at radius 1 is 0.897 bits per heavy atom. The van der Waals surface area contributed by atoms with Gasteiger partial charge in [0, 0.05) is 43.1 Å². The van der Waals surface area contributed by atoms with Crippen LogP contribution in [0.2, 0.25) is 0 Å². The van der Waals surface area contributed by atoms with E-state index < -0.39 is 12.2 Å². The van der Waals surface area contributed by atoms with Gasteiger partial charge < -0.3 is 29.3 Å². The number of ether oxygens (including phenoxy) is 3. The molecule has 12 nitrogen and oxygen atoms in total. The van der Waals surface area contributed by atoms with Crippen molar-refractivity contribution in [3.8, 4) is 12.0 Å². The lowest BCUT2D eigenvalue weighted by atomic mass is 10.1. The number of cyclic esters (lactones) is 1. The molecule has 2 fully saturated rings. The monoisotopic (exact) mass is 533 g/mol. The van der Waals surface area contributed by atoms with Crippen LogP contribution in [-0.4, -0.2) is 86.5 Å². The van der Waals surface area contributed by atoms with Crippen LogP contribution in [0.1, 0.15) is 15.9 Å². The highest BCUT2D eigenvalue weighted by Crippen LogP contribution is 2.26. The quantitative estimate of drug-likeness (QED) is 0.461. The van der Waals surface area contributed by atoms with Gasteiger partial charge in [-0.2, -0.15) is 9.97 Å². The van der Waals surface area contributed by atoms with Gasteiger partial charge in [-0.3, -0.25) is 9.69 Å². The second kappa shape index (κ2) is 11.4. The molecule has 1 aromatic heterocycles. The number of piperazine rings is 1. The van der Waals surface area contributed by atoms with Crippen molar-refractivity contribution in [1.82, 2.24) is 20.3 Å². The topological polar surface area (TPSA) is 122 Å². The van der Waals surface area contributed by atoms with E-state index >= 15 is 0 Å². The lowest BCUT2D eigenvalue weighted by molar-refractivity contribution is 0.0916. The standard InChI is InChI=1S/C27H31N7O5/c1-18-4-6-19(7-5-18)23(35)28-16-22-17-34(27(36)39-22)21-10-8-20(9-11-21)32-12-14-33(15-13-32)24-29-25(37-2)31-26(30-24)38-3/h4-11,22H,12-17H2,1-3H3,(H,28,35). The maximum absolute atomic E-state index is 12.5. The Balaban J connectivity index is 1.14. The van der Waals surface area contributed by atoms with Crippen LogP contribution in [0, 0.1) is 6.92 Å². The maximum Gasteiger partial charge on any atom is 0.414 e. The van der Waals surface area contributed by atoms with Crippen molar-refractivity contribution in [2.45, 2.75) is 13.0 Å². The number of carbonyl (C=O) groups is 2. The number of anilines is 3. The summed E-state index contributed by atoms with van der Waals surface area (Å²) in [5.41, 5.74) is 3.46. The maximum atomic E-state index is 12.5. The van der Waals surface area contributed by atoms with Gasteiger partial charge in [0.1, 0.15) is 6.10 Å². The molecule has 3 heterocycles. The Morgan fingerprint density at radius 2 is 1.49 bits per heavy atom. The molecule has 0 radical (unpaired) electrons. The zero-order valence-electron chi connectivity index (χ0n) is 22.2. The normalized spacial score (nSPS) is 17.2. The third kappa shape index (κ3) is 5.95. The van der Waals surface area contributed by atoms with Gasteiger partial charge in [0.25, 0.3) is 5.91 Å². The number of rotatable bonds is 8. The van der Waals surface area contributed by atoms with Gasteiger partial charge in [0.05, 0.1) is 27.3 Å². The van der Waals surface area contributed by atoms with Gasteiger partial charge in [0.2, 0.25) is 5.95 Å². The summed E-state index contributed by atoms with van der Waals surface area (Å²) in [5, 5.41) is 2.85. The summed E-state index contributed by atoms with van der Waals surface area (Å²) in [6.45, 7) is 5.55. The van der Waals surface area contributed by atoms with E-state index in [1.54, 1.807) is 17.0 Å². The van der Waals surface area contributed by atoms with Crippen LogP contribution in [0.4, 0.5) is 22.1 Å². The summed E-state index contributed by atoms with van der Waals surface area (Å²) >= 11 is 0. The van der Waals surface area contributed by atoms with Crippen LogP contribution in [-0.2, 0) is 4.74 Å². The number of nitrogens with zero attached hydrogens (tertiary/aromatic N) is 6. The number of amides is 2. The molecule has 1 unspecified atom stereocenters. The van der Waals surface area contributed by atoms with Crippen molar-refractivity contribution in [1.29, 1.82) is 0 Å². The molecule has 2 saturated heterocycles. The van der Waals surface area contributed by atoms with Gasteiger partial charge in [-0.25, -0.2) is 4.79 Å². The highest BCUT2D eigenvalue weighted by molar-refractivity contribution is 5.94. The second-order valence-corrected chi connectivity index (χ2v) is 9.29. The molecule has 5 rings (SSSR count). The van der Waals surface area contributed by atoms with Crippen molar-refractivity contribution < 1.29 is 23.8 Å². The summed E-state index contributed by atoms with van der Waals surface area (Å²) in [7, 11) is 3.01. The summed E-state index contributed by atoms with van der Waals surface area (Å²) in [6.07, 6.45) is -0.846. The van der Waals surface area contributed by atoms with E-state index in [1.807, 2.05) is 43.3 Å². The minimum Gasteiger partial charge on any atom is -0.467 e. The molecule has 2 amide bonds. The highest BCUT2D eigenvalue weighted by Gasteiger charge is 2.32. The van der Waals surface area contributed by atoms with E-state index in [1.165, 1.54) is 14.2 Å². The molecule has 3 aromatic rings. The number of benzene rings is 2. The largest absolute Gasteiger partial charge is 0.467 e. The molecule has 1 N–H and O–H groups in total. The molecule has 39 heavy (non-hydrogen) atoms. The molecule has 0 aliphatic carbocycles. The Bertz CT molecular complexity index is 1290. The molecule has 2 aliphatic heterocycles. The predicted molar refractivity (Wildman–Crippen MR) is 145 cm³/mol. The Labute approximate surface area is 226 Å². The van der Waals surface area contributed by atoms with Crippen molar-refractivity contribution in [3.05, 3.63) is 59.7 Å². The van der Waals surface area contributed by atoms with E-state index in [2.05, 4.69) is 30.1 Å². The number of carbonyl (C=O) groups excluding carboxylic acids is 2. The lowest BCUT2D eigenvalue weighted by Crippen LogP contribution is -2.47. The molecule has 12 heteroatoms. The molecular weight excluding hydrogens is 502 g/mol. The molecule has 0 saturated carbocycles. The van der Waals surface area contributed by atoms with Gasteiger partial charge in [-0.05, 0) is 43.3 Å². The molecule has 204 valence electrons. The number of nitrogens with one attached hydrogen (secondary N) is 1. The van der Waals surface area contributed by atoms with Crippen LogP contribution in [0.15, 0.2) is 48.5 Å². The van der Waals surface area contributed by atoms with Crippen molar-refractivity contribution >= 4 is 29.3 Å². The number of hydrogen-bond acceptors (Lipinski definition) is 10. The average Bonchev–Trinajstić information content (AvgIpc) is 3.36. The third-order valence-corrected chi connectivity index (χ3v) is 6.71. The summed E-state index contributed by atoms with van der Waals surface area (Å²) in [5.74, 6) is 0.327. The summed E-state index contributed by atoms with van der Waals surface area (Å²) < 4.78 is 15.8. The number of hydrogen-bond donors (Lipinski definition) is 1. The first-order valence-corrected chi connectivity index (χ1v) is 12.7. The molecule has 2 aliphatic rings. The SMILES string of the molecule is COc1nc(OC)nc(N2CCN(c3ccc(N4CC(CNC(=O)c5ccc(C)cc5)OC4=O)cc3)CC2)n1. The lowest BCUT2D eigenvalue weighted by Gasteiger charge is -2.36. The van der Waals surface area contributed by atoms with Crippen LogP contribution < -0.4 is 29.5 Å². The molecule has 0 bridgehead atoms. The first-order chi connectivity index (χ1) is 18.9. The zero-order chi connectivity index (χ0) is 27.4. The van der Waals surface area contributed by atoms with Crippen LogP contribution in [0.3, 0.4) is 0 Å². The highest BCUT2D eigenvalue weighted by atomic mass is 16.6. The second-order valence-electron chi connectivity index (χ2n) is 9.29. The zero-order valence-corrected chi connectivity index (χ0v) is 22.2. The minimum atomic E-state index is -0.424. The van der Waals surface area contributed by atoms with Gasteiger partial charge in [0.15, 0.2) is 0 Å². The predicted octanol–water partition coefficient (Wildman–Crippen LogP) is 2.28. The van der Waals surface area contributed by atoms with E-state index in [-0.39, 0.29) is 24.5 Å². The fraction of sp³-hybridized carbons (Fsp3) is 0.370. The van der Waals surface area contributed by atoms with Crippen LogP contribution in [0.25, 0.3) is 0 Å². The van der Waals surface area contributed by atoms with Crippen molar-refractivity contribution in [2.75, 3.05) is 68.2 Å². The van der Waals surface area contributed by atoms with Crippen LogP contribution >= 0.6 is 0 Å². The third-order valence-electron chi connectivity index (χ3n) is 6.71. The molecule has 2 aromatic carbocycles. The summed E-state index contributed by atoms with van der Waals surface area (Å²) in [4.78, 5) is 43.6. The van der Waals surface area contributed by atoms with E-state index in [9.17, 15) is 9.59 Å².